The smallest absolute Gasteiger partial charge is 0.366 e. The number of aliphatic hydroxyl groups excluding tert-OH is 1. The first kappa shape index (κ1) is 22.0. The summed E-state index contributed by atoms with van der Waals surface area (Å²) in [7, 11) is 3.93. The van der Waals surface area contributed by atoms with Crippen molar-refractivity contribution >= 4 is 11.9 Å². The molecule has 10 heteroatoms. The third kappa shape index (κ3) is 4.58. The van der Waals surface area contributed by atoms with E-state index in [0.29, 0.717) is 0 Å². The second-order valence-electron chi connectivity index (χ2n) is 7.09. The summed E-state index contributed by atoms with van der Waals surface area (Å²) < 4.78 is 32.7. The van der Waals surface area contributed by atoms with E-state index in [9.17, 15) is 14.7 Å². The van der Waals surface area contributed by atoms with E-state index >= 15 is 0 Å². The van der Waals surface area contributed by atoms with Crippen LogP contribution in [0.4, 0.5) is 0 Å². The van der Waals surface area contributed by atoms with Gasteiger partial charge in [-0.25, -0.2) is 4.79 Å². The molecular weight excluding hydrogens is 362 g/mol. The van der Waals surface area contributed by atoms with Crippen LogP contribution >= 0.6 is 0 Å². The number of ether oxygens (including phenoxy) is 6. The monoisotopic (exact) mass is 391 g/mol. The second-order valence-corrected chi connectivity index (χ2v) is 7.09. The highest BCUT2D eigenvalue weighted by atomic mass is 16.8. The molecule has 6 atom stereocenters. The molecule has 2 aliphatic rings. The van der Waals surface area contributed by atoms with Crippen LogP contribution in [-0.4, -0.2) is 87.0 Å². The number of aliphatic hydroxyl groups is 1. The third-order valence-electron chi connectivity index (χ3n) is 4.80. The summed E-state index contributed by atoms with van der Waals surface area (Å²) in [5.74, 6) is -3.76. The third-order valence-corrected chi connectivity index (χ3v) is 4.80. The lowest BCUT2D eigenvalue weighted by Crippen LogP contribution is -2.68. The van der Waals surface area contributed by atoms with E-state index in [0.717, 1.165) is 0 Å². The van der Waals surface area contributed by atoms with Gasteiger partial charge in [0.1, 0.15) is 18.3 Å². The number of carbonyl (C=O) groups is 2. The molecule has 0 aromatic rings. The molecule has 2 saturated heterocycles. The normalized spacial score (nSPS) is 36.9. The topological polar surface area (TPSA) is 122 Å². The lowest BCUT2D eigenvalue weighted by molar-refractivity contribution is -0.307. The molecule has 0 aromatic carbocycles. The number of hydrogen-bond acceptors (Lipinski definition) is 9. The van der Waals surface area contributed by atoms with E-state index in [2.05, 4.69) is 5.32 Å². The minimum Gasteiger partial charge on any atom is -0.465 e. The molecule has 0 aromatic heterocycles. The molecule has 0 radical (unpaired) electrons. The van der Waals surface area contributed by atoms with Crippen LogP contribution in [0.1, 0.15) is 27.2 Å². The lowest BCUT2D eigenvalue weighted by atomic mass is 9.88. The summed E-state index contributed by atoms with van der Waals surface area (Å²) in [5.41, 5.74) is 0. The van der Waals surface area contributed by atoms with Crippen LogP contribution in [0.2, 0.25) is 0 Å². The number of nitrogens with one attached hydrogen (secondary N) is 1. The van der Waals surface area contributed by atoms with Gasteiger partial charge in [-0.15, -0.1) is 0 Å². The van der Waals surface area contributed by atoms with E-state index < -0.39 is 48.0 Å². The average Bonchev–Trinajstić information content (AvgIpc) is 3.00. The molecule has 2 N–H and O–H groups in total. The Labute approximate surface area is 158 Å². The predicted octanol–water partition coefficient (Wildman–Crippen LogP) is -0.677. The number of carbonyl (C=O) groups excluding carboxylic acids is 2. The molecule has 1 amide bonds. The van der Waals surface area contributed by atoms with Gasteiger partial charge >= 0.3 is 5.97 Å². The molecule has 0 spiro atoms. The molecule has 2 fully saturated rings. The summed E-state index contributed by atoms with van der Waals surface area (Å²) in [6.07, 6.45) is -3.76. The fourth-order valence-corrected chi connectivity index (χ4v) is 3.46. The molecule has 0 unspecified atom stereocenters. The maximum Gasteiger partial charge on any atom is 0.366 e. The SMILES string of the molecule is COC(=O)[C@@]1(OC)C[C@H](OC)[C@@H](NC(C)=O)[C@H]([C@H](O)[C@H]2COC(C)(C)O2)O1. The molecule has 156 valence electrons. The fourth-order valence-electron chi connectivity index (χ4n) is 3.46. The molecule has 10 nitrogen and oxygen atoms in total. The van der Waals surface area contributed by atoms with Gasteiger partial charge in [0.2, 0.25) is 5.91 Å². The zero-order valence-corrected chi connectivity index (χ0v) is 16.5. The fraction of sp³-hybridized carbons (Fsp3) is 0.882. The van der Waals surface area contributed by atoms with Gasteiger partial charge < -0.3 is 38.8 Å². The Morgan fingerprint density at radius 2 is 1.89 bits per heavy atom. The summed E-state index contributed by atoms with van der Waals surface area (Å²) in [6.45, 7) is 4.90. The first-order valence-electron chi connectivity index (χ1n) is 8.70. The van der Waals surface area contributed by atoms with Gasteiger partial charge in [0.15, 0.2) is 5.79 Å². The summed E-state index contributed by atoms with van der Waals surface area (Å²) >= 11 is 0. The van der Waals surface area contributed by atoms with Gasteiger partial charge in [-0.05, 0) is 13.8 Å². The molecular formula is C17H29NO9. The number of methoxy groups -OCH3 is 3. The Morgan fingerprint density at radius 3 is 2.33 bits per heavy atom. The van der Waals surface area contributed by atoms with Crippen LogP contribution in [-0.2, 0) is 38.0 Å². The molecule has 2 heterocycles. The Morgan fingerprint density at radius 1 is 1.22 bits per heavy atom. The van der Waals surface area contributed by atoms with Crippen molar-refractivity contribution in [1.29, 1.82) is 0 Å². The van der Waals surface area contributed by atoms with Gasteiger partial charge in [-0.2, -0.15) is 0 Å². The Balaban J connectivity index is 2.36. The van der Waals surface area contributed by atoms with E-state index in [1.165, 1.54) is 28.3 Å². The van der Waals surface area contributed by atoms with Gasteiger partial charge in [0, 0.05) is 27.6 Å². The largest absolute Gasteiger partial charge is 0.465 e. The average molecular weight is 391 g/mol. The van der Waals surface area contributed by atoms with Gasteiger partial charge in [0.25, 0.3) is 5.79 Å². The molecule has 0 saturated carbocycles. The molecule has 27 heavy (non-hydrogen) atoms. The van der Waals surface area contributed by atoms with Crippen LogP contribution in [0.5, 0.6) is 0 Å². The standard InChI is InChI=1S/C17H29NO9/c1-9(19)18-12-10(22-4)7-17(24-6,15(21)23-5)27-14(12)13(20)11-8-25-16(2,3)26-11/h10-14,20H,7-8H2,1-6H3,(H,18,19)/t10-,11+,12+,13+,14+,17+/m0/s1. The summed E-state index contributed by atoms with van der Waals surface area (Å²) in [5, 5.41) is 13.7. The molecule has 0 aliphatic carbocycles. The van der Waals surface area contributed by atoms with Crippen LogP contribution in [0.25, 0.3) is 0 Å². The maximum atomic E-state index is 12.4. The van der Waals surface area contributed by atoms with Crippen molar-refractivity contribution < 1.29 is 43.1 Å². The van der Waals surface area contributed by atoms with E-state index in [-0.39, 0.29) is 18.9 Å². The van der Waals surface area contributed by atoms with Crippen molar-refractivity contribution in [3.8, 4) is 0 Å². The first-order valence-corrected chi connectivity index (χ1v) is 8.70. The van der Waals surface area contributed by atoms with E-state index in [1.807, 2.05) is 0 Å². The minimum absolute atomic E-state index is 0.0334. The van der Waals surface area contributed by atoms with Crippen LogP contribution in [0, 0.1) is 0 Å². The van der Waals surface area contributed by atoms with Gasteiger partial charge in [-0.1, -0.05) is 0 Å². The Kier molecular flexibility index (Phi) is 6.82. The zero-order valence-electron chi connectivity index (χ0n) is 16.5. The van der Waals surface area contributed by atoms with Crippen molar-refractivity contribution in [1.82, 2.24) is 5.32 Å². The van der Waals surface area contributed by atoms with Crippen molar-refractivity contribution in [2.75, 3.05) is 27.9 Å². The summed E-state index contributed by atoms with van der Waals surface area (Å²) in [4.78, 5) is 24.1. The van der Waals surface area contributed by atoms with Crippen molar-refractivity contribution in [2.45, 2.75) is 69.2 Å². The predicted molar refractivity (Wildman–Crippen MR) is 90.6 cm³/mol. The zero-order chi connectivity index (χ0) is 20.4. The van der Waals surface area contributed by atoms with Crippen molar-refractivity contribution in [3.63, 3.8) is 0 Å². The number of amides is 1. The molecule has 0 bridgehead atoms. The van der Waals surface area contributed by atoms with Crippen molar-refractivity contribution in [2.24, 2.45) is 0 Å². The number of hydrogen-bond donors (Lipinski definition) is 2. The Hall–Kier alpha value is -1.30. The highest BCUT2D eigenvalue weighted by molar-refractivity contribution is 5.78. The lowest BCUT2D eigenvalue weighted by Gasteiger charge is -2.47. The van der Waals surface area contributed by atoms with E-state index in [1.54, 1.807) is 13.8 Å². The van der Waals surface area contributed by atoms with Gasteiger partial charge in [-0.3, -0.25) is 4.79 Å². The van der Waals surface area contributed by atoms with E-state index in [4.69, 9.17) is 28.4 Å². The highest BCUT2D eigenvalue weighted by Gasteiger charge is 2.57. The Bertz CT molecular complexity index is 555. The quantitative estimate of drug-likeness (QED) is 0.567. The first-order chi connectivity index (χ1) is 12.6. The highest BCUT2D eigenvalue weighted by Crippen LogP contribution is 2.36. The molecule has 2 rings (SSSR count). The minimum atomic E-state index is -1.79. The van der Waals surface area contributed by atoms with Crippen LogP contribution in [0.15, 0.2) is 0 Å². The van der Waals surface area contributed by atoms with Crippen LogP contribution in [0.3, 0.4) is 0 Å². The number of esters is 1. The number of rotatable bonds is 6. The van der Waals surface area contributed by atoms with Crippen molar-refractivity contribution in [3.05, 3.63) is 0 Å². The summed E-state index contributed by atoms with van der Waals surface area (Å²) in [6, 6.07) is -0.747. The second kappa shape index (κ2) is 8.38. The van der Waals surface area contributed by atoms with Gasteiger partial charge in [0.05, 0.1) is 25.9 Å². The molecule has 2 aliphatic heterocycles. The van der Waals surface area contributed by atoms with Crippen LogP contribution < -0.4 is 5.32 Å². The maximum absolute atomic E-state index is 12.4.